The van der Waals surface area contributed by atoms with Gasteiger partial charge in [0.05, 0.1) is 22.1 Å². The van der Waals surface area contributed by atoms with E-state index in [9.17, 15) is 5.11 Å². The first kappa shape index (κ1) is 16.6. The Balaban J connectivity index is 1.62. The third-order valence-electron chi connectivity index (χ3n) is 4.56. The van der Waals surface area contributed by atoms with Crippen molar-refractivity contribution < 1.29 is 14.6 Å². The monoisotopic (exact) mass is 405 g/mol. The first-order chi connectivity index (χ1) is 12.2. The summed E-state index contributed by atoms with van der Waals surface area (Å²) in [5.74, 6) is 1.92. The molecule has 2 heterocycles. The highest BCUT2D eigenvalue weighted by molar-refractivity contribution is 9.10. The summed E-state index contributed by atoms with van der Waals surface area (Å²) in [6.45, 7) is 0.914. The number of pyridine rings is 1. The number of rotatable bonds is 7. The van der Waals surface area contributed by atoms with Gasteiger partial charge in [-0.15, -0.1) is 0 Å². The van der Waals surface area contributed by atoms with E-state index in [0.29, 0.717) is 17.2 Å². The number of benzene rings is 1. The Morgan fingerprint density at radius 1 is 1.40 bits per heavy atom. The molecule has 1 aliphatic carbocycles. The predicted octanol–water partition coefficient (Wildman–Crippen LogP) is 4.01. The van der Waals surface area contributed by atoms with Crippen molar-refractivity contribution >= 4 is 27.0 Å². The van der Waals surface area contributed by atoms with Gasteiger partial charge in [0.15, 0.2) is 0 Å². The first-order valence-electron chi connectivity index (χ1n) is 8.34. The van der Waals surface area contributed by atoms with Crippen LogP contribution < -0.4 is 4.74 Å². The third kappa shape index (κ3) is 3.19. The molecule has 2 aromatic heterocycles. The largest absolute Gasteiger partial charge is 0.437 e. The summed E-state index contributed by atoms with van der Waals surface area (Å²) in [6, 6.07) is 7.63. The number of hydrogen-bond donors (Lipinski definition) is 2. The maximum atomic E-state index is 9.49. The molecule has 132 valence electrons. The minimum Gasteiger partial charge on any atom is -0.437 e. The van der Waals surface area contributed by atoms with E-state index in [0.717, 1.165) is 22.5 Å². The molecule has 0 radical (unpaired) electrons. The lowest BCUT2D eigenvalue weighted by molar-refractivity contribution is 0.0466. The van der Waals surface area contributed by atoms with Crippen LogP contribution in [0.2, 0.25) is 0 Å². The number of hydrogen-bond acceptors (Lipinski definition) is 4. The second-order valence-electron chi connectivity index (χ2n) is 6.34. The molecule has 1 unspecified atom stereocenters. The summed E-state index contributed by atoms with van der Waals surface area (Å²) in [5, 5.41) is 12.9. The molecule has 0 aliphatic heterocycles. The summed E-state index contributed by atoms with van der Waals surface area (Å²) in [5.41, 5.74) is 2.92. The first-order valence-corrected chi connectivity index (χ1v) is 9.13. The van der Waals surface area contributed by atoms with Crippen LogP contribution in [-0.2, 0) is 11.3 Å². The summed E-state index contributed by atoms with van der Waals surface area (Å²) in [7, 11) is 1.55. The molecular weight excluding hydrogens is 386 g/mol. The van der Waals surface area contributed by atoms with Crippen molar-refractivity contribution in [1.82, 2.24) is 14.8 Å². The molecule has 0 bridgehead atoms. The van der Waals surface area contributed by atoms with E-state index in [2.05, 4.69) is 36.8 Å². The zero-order valence-electron chi connectivity index (χ0n) is 13.9. The molecular formula is C18H20BrN3O3. The molecule has 1 fully saturated rings. The fourth-order valence-corrected chi connectivity index (χ4v) is 3.44. The Morgan fingerprint density at radius 3 is 2.96 bits per heavy atom. The Bertz CT molecular complexity index is 881. The summed E-state index contributed by atoms with van der Waals surface area (Å²) in [4.78, 5) is 4.30. The average molecular weight is 406 g/mol. The van der Waals surface area contributed by atoms with Gasteiger partial charge < -0.3 is 14.6 Å². The zero-order chi connectivity index (χ0) is 17.4. The van der Waals surface area contributed by atoms with Gasteiger partial charge in [-0.2, -0.15) is 0 Å². The van der Waals surface area contributed by atoms with Gasteiger partial charge >= 0.3 is 0 Å². The normalized spacial score (nSPS) is 15.6. The quantitative estimate of drug-likeness (QED) is 0.622. The number of halogens is 1. The third-order valence-corrected chi connectivity index (χ3v) is 5.35. The van der Waals surface area contributed by atoms with Crippen molar-refractivity contribution in [2.75, 3.05) is 13.7 Å². The van der Waals surface area contributed by atoms with E-state index in [1.54, 1.807) is 19.4 Å². The lowest BCUT2D eigenvalue weighted by atomic mass is 10.1. The molecule has 1 atom stereocenters. The topological polar surface area (TPSA) is 72.3 Å². The van der Waals surface area contributed by atoms with Crippen LogP contribution in [0.1, 0.15) is 24.5 Å². The summed E-state index contributed by atoms with van der Waals surface area (Å²) >= 11 is 3.62. The van der Waals surface area contributed by atoms with Crippen molar-refractivity contribution in [1.29, 1.82) is 0 Å². The number of methoxy groups -OCH3 is 1. The molecule has 0 spiro atoms. The minimum atomic E-state index is -0.471. The van der Waals surface area contributed by atoms with Crippen molar-refractivity contribution in [2.45, 2.75) is 25.5 Å². The number of H-pyrrole nitrogens is 1. The van der Waals surface area contributed by atoms with Crippen LogP contribution in [0.3, 0.4) is 0 Å². The number of ether oxygens (including phenoxy) is 2. The number of aromatic amines is 1. The van der Waals surface area contributed by atoms with Gasteiger partial charge in [0.2, 0.25) is 5.88 Å². The van der Waals surface area contributed by atoms with Gasteiger partial charge in [0.25, 0.3) is 0 Å². The van der Waals surface area contributed by atoms with Crippen LogP contribution in [0.4, 0.5) is 0 Å². The molecule has 6 nitrogen and oxygen atoms in total. The molecule has 0 amide bonds. The zero-order valence-corrected chi connectivity index (χ0v) is 15.5. The van der Waals surface area contributed by atoms with Crippen molar-refractivity contribution in [2.24, 2.45) is 5.92 Å². The SMILES string of the molecule is COC(CO)c1cccnc1Oc1ccc2c([nH]n2CC2CC2)c1Br. The molecule has 1 aliphatic rings. The number of fused-ring (bicyclic) bond motifs is 1. The van der Waals surface area contributed by atoms with Crippen molar-refractivity contribution in [3.05, 3.63) is 40.5 Å². The Kier molecular flexibility index (Phi) is 4.54. The van der Waals surface area contributed by atoms with Gasteiger partial charge in [0.1, 0.15) is 11.9 Å². The lowest BCUT2D eigenvalue weighted by Crippen LogP contribution is -2.13. The fourth-order valence-electron chi connectivity index (χ4n) is 2.94. The van der Waals surface area contributed by atoms with Gasteiger partial charge in [-0.05, 0) is 59.0 Å². The Hall–Kier alpha value is -1.83. The van der Waals surface area contributed by atoms with Gasteiger partial charge in [-0.25, -0.2) is 4.98 Å². The van der Waals surface area contributed by atoms with Gasteiger partial charge in [-0.1, -0.05) is 0 Å². The summed E-state index contributed by atoms with van der Waals surface area (Å²) < 4.78 is 14.4. The Labute approximate surface area is 153 Å². The smallest absolute Gasteiger partial charge is 0.225 e. The molecule has 7 heteroatoms. The molecule has 25 heavy (non-hydrogen) atoms. The van der Waals surface area contributed by atoms with Crippen LogP contribution in [-0.4, -0.2) is 33.6 Å². The standard InChI is InChI=1S/C18H20BrN3O3/c1-24-15(10-23)12-3-2-8-20-18(12)25-14-7-6-13-17(16(14)19)21-22(13)9-11-4-5-11/h2-3,6-8,11,15,21,23H,4-5,9-10H2,1H3. The van der Waals surface area contributed by atoms with E-state index >= 15 is 0 Å². The molecule has 0 saturated heterocycles. The molecule has 1 saturated carbocycles. The highest BCUT2D eigenvalue weighted by atomic mass is 79.9. The maximum absolute atomic E-state index is 9.49. The number of aliphatic hydroxyl groups excluding tert-OH is 1. The van der Waals surface area contributed by atoms with Crippen LogP contribution in [0.15, 0.2) is 34.9 Å². The predicted molar refractivity (Wildman–Crippen MR) is 97.9 cm³/mol. The van der Waals surface area contributed by atoms with Gasteiger partial charge in [0, 0.05) is 25.4 Å². The number of nitrogens with one attached hydrogen (secondary N) is 1. The molecule has 3 aromatic rings. The average Bonchev–Trinajstić information content (AvgIpc) is 3.42. The van der Waals surface area contributed by atoms with Crippen molar-refractivity contribution in [3.8, 4) is 11.6 Å². The highest BCUT2D eigenvalue weighted by Gasteiger charge is 2.24. The van der Waals surface area contributed by atoms with Gasteiger partial charge in [-0.3, -0.25) is 9.78 Å². The van der Waals surface area contributed by atoms with Crippen LogP contribution in [0.5, 0.6) is 11.6 Å². The van der Waals surface area contributed by atoms with Crippen LogP contribution in [0, 0.1) is 5.92 Å². The fraction of sp³-hybridized carbons (Fsp3) is 0.389. The number of aliphatic hydroxyl groups is 1. The van der Waals surface area contributed by atoms with Crippen LogP contribution >= 0.6 is 15.9 Å². The van der Waals surface area contributed by atoms with E-state index in [1.165, 1.54) is 18.4 Å². The highest BCUT2D eigenvalue weighted by Crippen LogP contribution is 2.39. The number of aromatic nitrogens is 3. The van der Waals surface area contributed by atoms with E-state index in [1.807, 2.05) is 12.1 Å². The van der Waals surface area contributed by atoms with Crippen LogP contribution in [0.25, 0.3) is 11.0 Å². The molecule has 2 N–H and O–H groups in total. The number of nitrogens with zero attached hydrogens (tertiary/aromatic N) is 2. The van der Waals surface area contributed by atoms with Crippen molar-refractivity contribution in [3.63, 3.8) is 0 Å². The molecule has 1 aromatic carbocycles. The maximum Gasteiger partial charge on any atom is 0.225 e. The Morgan fingerprint density at radius 2 is 2.24 bits per heavy atom. The summed E-state index contributed by atoms with van der Waals surface area (Å²) in [6.07, 6.45) is 3.84. The lowest BCUT2D eigenvalue weighted by Gasteiger charge is -2.20. The van der Waals surface area contributed by atoms with E-state index in [-0.39, 0.29) is 6.61 Å². The molecule has 4 rings (SSSR count). The second kappa shape index (κ2) is 6.82. The van der Waals surface area contributed by atoms with E-state index in [4.69, 9.17) is 9.47 Å². The minimum absolute atomic E-state index is 0.137. The van der Waals surface area contributed by atoms with E-state index < -0.39 is 6.10 Å². The second-order valence-corrected chi connectivity index (χ2v) is 7.14.